The lowest BCUT2D eigenvalue weighted by Crippen LogP contribution is -2.39. The molecule has 6 rings (SSSR count). The SMILES string of the molecule is Cc1cn2nc(C3CCCCN3C(=O)c3cc(F)cc4c3OCOC4)cc2nc1N1CC(O)C(C#N)C1. The number of carbonyl (C=O) groups is 1. The van der Waals surface area contributed by atoms with Gasteiger partial charge < -0.3 is 24.4 Å². The van der Waals surface area contributed by atoms with E-state index in [1.54, 1.807) is 9.42 Å². The van der Waals surface area contributed by atoms with Crippen LogP contribution in [0.3, 0.4) is 0 Å². The molecule has 0 spiro atoms. The highest BCUT2D eigenvalue weighted by Crippen LogP contribution is 2.36. The van der Waals surface area contributed by atoms with Gasteiger partial charge in [0.25, 0.3) is 5.91 Å². The Morgan fingerprint density at radius 1 is 1.27 bits per heavy atom. The number of anilines is 1. The standard InChI is InChI=1S/C26H27FN6O4/c1-15-10-33-23(29-25(15)31-11-17(9-28)22(34)12-31)8-20(30-33)21-4-2-3-5-32(21)26(35)19-7-18(27)6-16-13-36-14-37-24(16)19/h6-8,10,17,21-22,34H,2-5,11-14H2,1H3. The zero-order valence-electron chi connectivity index (χ0n) is 20.4. The van der Waals surface area contributed by atoms with Gasteiger partial charge in [0.05, 0.1) is 42.0 Å². The number of ether oxygens (including phenoxy) is 2. The summed E-state index contributed by atoms with van der Waals surface area (Å²) >= 11 is 0. The molecule has 3 aliphatic heterocycles. The minimum absolute atomic E-state index is 0.0191. The summed E-state index contributed by atoms with van der Waals surface area (Å²) in [5, 5.41) is 24.2. The smallest absolute Gasteiger partial charge is 0.258 e. The van der Waals surface area contributed by atoms with Crippen LogP contribution in [-0.4, -0.2) is 63.0 Å². The number of rotatable bonds is 3. The lowest BCUT2D eigenvalue weighted by atomic mass is 9.97. The Kier molecular flexibility index (Phi) is 5.93. The predicted molar refractivity (Wildman–Crippen MR) is 129 cm³/mol. The van der Waals surface area contributed by atoms with Crippen molar-refractivity contribution in [2.75, 3.05) is 31.3 Å². The van der Waals surface area contributed by atoms with Crippen LogP contribution in [0, 0.1) is 30.0 Å². The summed E-state index contributed by atoms with van der Waals surface area (Å²) in [5.41, 5.74) is 2.92. The minimum atomic E-state index is -0.714. The Labute approximate surface area is 212 Å². The van der Waals surface area contributed by atoms with Gasteiger partial charge >= 0.3 is 0 Å². The summed E-state index contributed by atoms with van der Waals surface area (Å²) in [4.78, 5) is 22.2. The second kappa shape index (κ2) is 9.28. The molecular weight excluding hydrogens is 479 g/mol. The number of piperidine rings is 1. The highest BCUT2D eigenvalue weighted by atomic mass is 19.1. The first kappa shape index (κ1) is 23.6. The quantitative estimate of drug-likeness (QED) is 0.577. The number of amides is 1. The van der Waals surface area contributed by atoms with E-state index < -0.39 is 17.8 Å². The summed E-state index contributed by atoms with van der Waals surface area (Å²) in [6.45, 7) is 3.42. The molecule has 1 aromatic carbocycles. The third-order valence-electron chi connectivity index (χ3n) is 7.39. The number of aromatic nitrogens is 3. The molecule has 1 N–H and O–H groups in total. The molecule has 10 nitrogen and oxygen atoms in total. The lowest BCUT2D eigenvalue weighted by Gasteiger charge is -2.35. The van der Waals surface area contributed by atoms with Gasteiger partial charge in [0, 0.05) is 43.0 Å². The van der Waals surface area contributed by atoms with Gasteiger partial charge in [-0.3, -0.25) is 4.79 Å². The van der Waals surface area contributed by atoms with Crippen molar-refractivity contribution in [1.29, 1.82) is 5.26 Å². The van der Waals surface area contributed by atoms with E-state index in [1.807, 2.05) is 24.1 Å². The molecule has 0 radical (unpaired) electrons. The maximum Gasteiger partial charge on any atom is 0.258 e. The first-order valence-electron chi connectivity index (χ1n) is 12.5. The summed E-state index contributed by atoms with van der Waals surface area (Å²) in [6.07, 6.45) is 3.67. The topological polar surface area (TPSA) is 116 Å². The lowest BCUT2D eigenvalue weighted by molar-refractivity contribution is -0.0174. The maximum absolute atomic E-state index is 14.4. The van der Waals surface area contributed by atoms with Crippen molar-refractivity contribution >= 4 is 17.4 Å². The second-order valence-electron chi connectivity index (χ2n) is 9.89. The van der Waals surface area contributed by atoms with Gasteiger partial charge in [-0.15, -0.1) is 0 Å². The summed E-state index contributed by atoms with van der Waals surface area (Å²) in [5.74, 6) is -0.169. The van der Waals surface area contributed by atoms with E-state index in [2.05, 4.69) is 6.07 Å². The van der Waals surface area contributed by atoms with Crippen LogP contribution in [0.25, 0.3) is 5.65 Å². The molecule has 192 valence electrons. The molecule has 2 saturated heterocycles. The fourth-order valence-electron chi connectivity index (χ4n) is 5.56. The molecule has 2 aromatic heterocycles. The van der Waals surface area contributed by atoms with Gasteiger partial charge in [-0.25, -0.2) is 13.9 Å². The Bertz CT molecular complexity index is 1420. The average Bonchev–Trinajstić information content (AvgIpc) is 3.49. The van der Waals surface area contributed by atoms with Crippen LogP contribution in [0.5, 0.6) is 5.75 Å². The number of nitriles is 1. The third-order valence-corrected chi connectivity index (χ3v) is 7.39. The number of hydrogen-bond acceptors (Lipinski definition) is 8. The van der Waals surface area contributed by atoms with Crippen LogP contribution >= 0.6 is 0 Å². The first-order valence-corrected chi connectivity index (χ1v) is 12.5. The molecule has 1 amide bonds. The van der Waals surface area contributed by atoms with Gasteiger partial charge in [0.1, 0.15) is 17.4 Å². The number of likely N-dealkylation sites (tertiary alicyclic amines) is 1. The number of aliphatic hydroxyl groups excluding tert-OH is 1. The molecule has 3 aliphatic rings. The Balaban J connectivity index is 1.33. The number of nitrogens with zero attached hydrogens (tertiary/aromatic N) is 6. The number of halogens is 1. The van der Waals surface area contributed by atoms with Crippen molar-refractivity contribution < 1.29 is 23.8 Å². The van der Waals surface area contributed by atoms with E-state index in [0.717, 1.165) is 24.8 Å². The normalized spacial score (nSPS) is 23.6. The average molecular weight is 507 g/mol. The number of aryl methyl sites for hydroxylation is 1. The number of hydrogen-bond donors (Lipinski definition) is 1. The molecule has 3 unspecified atom stereocenters. The van der Waals surface area contributed by atoms with E-state index in [1.165, 1.54) is 12.1 Å². The van der Waals surface area contributed by atoms with Crippen LogP contribution in [-0.2, 0) is 11.3 Å². The van der Waals surface area contributed by atoms with E-state index >= 15 is 0 Å². The highest BCUT2D eigenvalue weighted by molar-refractivity contribution is 5.97. The van der Waals surface area contributed by atoms with Gasteiger partial charge in [0.2, 0.25) is 0 Å². The monoisotopic (exact) mass is 506 g/mol. The van der Waals surface area contributed by atoms with Crippen LogP contribution in [0.2, 0.25) is 0 Å². The maximum atomic E-state index is 14.4. The van der Waals surface area contributed by atoms with Gasteiger partial charge in [-0.05, 0) is 38.3 Å². The molecule has 0 aliphatic carbocycles. The highest BCUT2D eigenvalue weighted by Gasteiger charge is 2.35. The van der Waals surface area contributed by atoms with Crippen LogP contribution in [0.4, 0.5) is 10.2 Å². The van der Waals surface area contributed by atoms with E-state index in [-0.39, 0.29) is 30.9 Å². The van der Waals surface area contributed by atoms with E-state index in [0.29, 0.717) is 48.1 Å². The zero-order valence-corrected chi connectivity index (χ0v) is 20.4. The fourth-order valence-corrected chi connectivity index (χ4v) is 5.56. The Hall–Kier alpha value is -3.75. The second-order valence-corrected chi connectivity index (χ2v) is 9.89. The van der Waals surface area contributed by atoms with Crippen LogP contribution < -0.4 is 9.64 Å². The largest absolute Gasteiger partial charge is 0.466 e. The summed E-state index contributed by atoms with van der Waals surface area (Å²) < 4.78 is 26.9. The predicted octanol–water partition coefficient (Wildman–Crippen LogP) is 2.73. The number of fused-ring (bicyclic) bond motifs is 2. The summed E-state index contributed by atoms with van der Waals surface area (Å²) in [7, 11) is 0. The van der Waals surface area contributed by atoms with Crippen molar-refractivity contribution in [3.8, 4) is 11.8 Å². The van der Waals surface area contributed by atoms with Crippen molar-refractivity contribution in [1.82, 2.24) is 19.5 Å². The molecule has 2 fully saturated rings. The number of β-amino-alcohol motifs (C(OH)–C–C–N with tert-alkyl or cyclic N) is 1. The van der Waals surface area contributed by atoms with Gasteiger partial charge in [-0.2, -0.15) is 10.4 Å². The molecule has 0 bridgehead atoms. The number of carbonyl (C=O) groups excluding carboxylic acids is 1. The van der Waals surface area contributed by atoms with Crippen LogP contribution in [0.15, 0.2) is 24.4 Å². The molecular formula is C26H27FN6O4. The first-order chi connectivity index (χ1) is 17.9. The third kappa shape index (κ3) is 4.16. The Morgan fingerprint density at radius 2 is 2.14 bits per heavy atom. The molecule has 5 heterocycles. The minimum Gasteiger partial charge on any atom is -0.466 e. The Morgan fingerprint density at radius 3 is 2.95 bits per heavy atom. The molecule has 11 heteroatoms. The summed E-state index contributed by atoms with van der Waals surface area (Å²) in [6, 6.07) is 6.31. The number of aliphatic hydroxyl groups is 1. The van der Waals surface area contributed by atoms with Crippen molar-refractivity contribution in [2.24, 2.45) is 5.92 Å². The van der Waals surface area contributed by atoms with Gasteiger partial charge in [0.15, 0.2) is 12.4 Å². The number of benzene rings is 1. The van der Waals surface area contributed by atoms with E-state index in [9.17, 15) is 19.6 Å². The van der Waals surface area contributed by atoms with Gasteiger partial charge in [-0.1, -0.05) is 0 Å². The molecule has 0 saturated carbocycles. The van der Waals surface area contributed by atoms with Crippen molar-refractivity contribution in [2.45, 2.75) is 44.9 Å². The van der Waals surface area contributed by atoms with Crippen molar-refractivity contribution in [3.63, 3.8) is 0 Å². The van der Waals surface area contributed by atoms with E-state index in [4.69, 9.17) is 19.6 Å². The fraction of sp³-hybridized carbons (Fsp3) is 0.462. The zero-order chi connectivity index (χ0) is 25.7. The molecule has 37 heavy (non-hydrogen) atoms. The van der Waals surface area contributed by atoms with Crippen molar-refractivity contribution in [3.05, 3.63) is 52.6 Å². The van der Waals surface area contributed by atoms with Crippen LogP contribution in [0.1, 0.15) is 52.5 Å². The molecule has 3 aromatic rings. The molecule has 3 atom stereocenters.